The molecule has 0 saturated heterocycles. The Bertz CT molecular complexity index is 894. The second-order valence-corrected chi connectivity index (χ2v) is 5.88. The smallest absolute Gasteiger partial charge is 0.253 e. The predicted octanol–water partition coefficient (Wildman–Crippen LogP) is 3.75. The molecule has 2 N–H and O–H groups in total. The van der Waals surface area contributed by atoms with Crippen LogP contribution in [-0.2, 0) is 0 Å². The van der Waals surface area contributed by atoms with Gasteiger partial charge in [-0.3, -0.25) is 9.59 Å². The molecule has 27 heavy (non-hydrogen) atoms. The van der Waals surface area contributed by atoms with Crippen molar-refractivity contribution in [2.45, 2.75) is 6.17 Å². The number of anilines is 1. The minimum Gasteiger partial charge on any atom is -0.497 e. The molecule has 0 aliphatic heterocycles. The molecular formula is C22H20N2O3. The Morgan fingerprint density at radius 3 is 1.89 bits per heavy atom. The minimum atomic E-state index is -0.909. The zero-order valence-electron chi connectivity index (χ0n) is 14.9. The Hall–Kier alpha value is -3.60. The fourth-order valence-corrected chi connectivity index (χ4v) is 2.59. The van der Waals surface area contributed by atoms with Crippen LogP contribution in [0.4, 0.5) is 5.69 Å². The monoisotopic (exact) mass is 360 g/mol. The zero-order valence-corrected chi connectivity index (χ0v) is 14.9. The van der Waals surface area contributed by atoms with Crippen LogP contribution in [0.2, 0.25) is 0 Å². The molecule has 0 spiro atoms. The number of carbonyl (C=O) groups excluding carboxylic acids is 2. The number of amides is 1. The quantitative estimate of drug-likeness (QED) is 0.497. The van der Waals surface area contributed by atoms with E-state index in [0.29, 0.717) is 22.6 Å². The molecule has 3 aromatic rings. The highest BCUT2D eigenvalue weighted by Crippen LogP contribution is 2.17. The molecule has 3 aromatic carbocycles. The summed E-state index contributed by atoms with van der Waals surface area (Å²) in [5, 5.41) is 5.87. The summed E-state index contributed by atoms with van der Waals surface area (Å²) in [6.45, 7) is 0. The van der Waals surface area contributed by atoms with Gasteiger partial charge >= 0.3 is 0 Å². The summed E-state index contributed by atoms with van der Waals surface area (Å²) < 4.78 is 5.15. The van der Waals surface area contributed by atoms with Gasteiger partial charge in [-0.25, -0.2) is 0 Å². The van der Waals surface area contributed by atoms with Crippen molar-refractivity contribution < 1.29 is 14.3 Å². The molecule has 0 unspecified atom stereocenters. The first kappa shape index (κ1) is 18.2. The van der Waals surface area contributed by atoms with Crippen LogP contribution in [0.3, 0.4) is 0 Å². The Morgan fingerprint density at radius 1 is 0.778 bits per heavy atom. The van der Waals surface area contributed by atoms with Gasteiger partial charge in [0.1, 0.15) is 5.75 Å². The van der Waals surface area contributed by atoms with Gasteiger partial charge in [0.15, 0.2) is 6.17 Å². The van der Waals surface area contributed by atoms with Crippen LogP contribution >= 0.6 is 0 Å². The topological polar surface area (TPSA) is 67.4 Å². The summed E-state index contributed by atoms with van der Waals surface area (Å²) in [5.41, 5.74) is 1.69. The third-order valence-electron chi connectivity index (χ3n) is 4.03. The van der Waals surface area contributed by atoms with Gasteiger partial charge in [0.2, 0.25) is 5.78 Å². The molecule has 0 radical (unpaired) electrons. The van der Waals surface area contributed by atoms with Crippen molar-refractivity contribution in [1.82, 2.24) is 5.32 Å². The van der Waals surface area contributed by atoms with E-state index in [0.717, 1.165) is 0 Å². The molecule has 0 bridgehead atoms. The number of benzene rings is 3. The molecule has 1 amide bonds. The first-order chi connectivity index (χ1) is 13.2. The van der Waals surface area contributed by atoms with E-state index >= 15 is 0 Å². The van der Waals surface area contributed by atoms with Gasteiger partial charge in [0, 0.05) is 16.8 Å². The van der Waals surface area contributed by atoms with Crippen molar-refractivity contribution in [1.29, 1.82) is 0 Å². The van der Waals surface area contributed by atoms with E-state index in [2.05, 4.69) is 10.6 Å². The normalized spacial score (nSPS) is 11.3. The van der Waals surface area contributed by atoms with Crippen molar-refractivity contribution in [3.05, 3.63) is 96.1 Å². The van der Waals surface area contributed by atoms with Gasteiger partial charge < -0.3 is 15.4 Å². The summed E-state index contributed by atoms with van der Waals surface area (Å²) >= 11 is 0. The predicted molar refractivity (Wildman–Crippen MR) is 105 cm³/mol. The molecule has 1 atom stereocenters. The number of Topliss-reactive ketones (excluding diaryl/α,β-unsaturated/α-hetero) is 1. The van der Waals surface area contributed by atoms with Crippen LogP contribution in [0, 0.1) is 0 Å². The summed E-state index contributed by atoms with van der Waals surface area (Å²) in [6.07, 6.45) is -0.909. The maximum absolute atomic E-state index is 12.9. The van der Waals surface area contributed by atoms with E-state index < -0.39 is 6.17 Å². The molecule has 0 aromatic heterocycles. The number of hydrogen-bond donors (Lipinski definition) is 2. The molecule has 0 aliphatic carbocycles. The summed E-state index contributed by atoms with van der Waals surface area (Å²) in [6, 6.07) is 24.8. The third-order valence-corrected chi connectivity index (χ3v) is 4.03. The van der Waals surface area contributed by atoms with E-state index in [4.69, 9.17) is 4.74 Å². The molecule has 0 saturated carbocycles. The number of carbonyl (C=O) groups is 2. The third kappa shape index (κ3) is 4.73. The van der Waals surface area contributed by atoms with Gasteiger partial charge in [-0.05, 0) is 36.4 Å². The van der Waals surface area contributed by atoms with Crippen molar-refractivity contribution >= 4 is 17.4 Å². The molecule has 3 rings (SSSR count). The van der Waals surface area contributed by atoms with Crippen molar-refractivity contribution in [2.75, 3.05) is 12.4 Å². The van der Waals surface area contributed by atoms with Crippen molar-refractivity contribution in [2.24, 2.45) is 0 Å². The lowest BCUT2D eigenvalue weighted by Gasteiger charge is -2.20. The lowest BCUT2D eigenvalue weighted by atomic mass is 10.1. The Morgan fingerprint density at radius 2 is 1.33 bits per heavy atom. The van der Waals surface area contributed by atoms with Crippen LogP contribution < -0.4 is 15.4 Å². The van der Waals surface area contributed by atoms with Gasteiger partial charge in [-0.15, -0.1) is 0 Å². The second kappa shape index (κ2) is 8.67. The fraction of sp³-hybridized carbons (Fsp3) is 0.0909. The number of methoxy groups -OCH3 is 1. The van der Waals surface area contributed by atoms with Gasteiger partial charge in [-0.1, -0.05) is 48.5 Å². The Labute approximate surface area is 158 Å². The number of ether oxygens (including phenoxy) is 1. The largest absolute Gasteiger partial charge is 0.497 e. The highest BCUT2D eigenvalue weighted by atomic mass is 16.5. The number of rotatable bonds is 7. The highest BCUT2D eigenvalue weighted by molar-refractivity contribution is 6.05. The highest BCUT2D eigenvalue weighted by Gasteiger charge is 2.22. The Balaban J connectivity index is 1.83. The van der Waals surface area contributed by atoms with E-state index in [9.17, 15) is 9.59 Å². The molecule has 5 heteroatoms. The minimum absolute atomic E-state index is 0.226. The van der Waals surface area contributed by atoms with Crippen LogP contribution in [0.15, 0.2) is 84.9 Å². The second-order valence-electron chi connectivity index (χ2n) is 5.88. The maximum atomic E-state index is 12.9. The SMILES string of the molecule is COc1ccc(N[C@@H](NC(=O)c2ccccc2)C(=O)c2ccccc2)cc1. The van der Waals surface area contributed by atoms with E-state index in [1.807, 2.05) is 12.1 Å². The first-order valence-corrected chi connectivity index (χ1v) is 8.53. The summed E-state index contributed by atoms with van der Waals surface area (Å²) in [4.78, 5) is 25.5. The molecule has 5 nitrogen and oxygen atoms in total. The van der Waals surface area contributed by atoms with Crippen LogP contribution in [0.5, 0.6) is 5.75 Å². The molecule has 0 fully saturated rings. The first-order valence-electron chi connectivity index (χ1n) is 8.53. The lowest BCUT2D eigenvalue weighted by molar-refractivity contribution is 0.0869. The average molecular weight is 360 g/mol. The van der Waals surface area contributed by atoms with E-state index in [1.165, 1.54) is 0 Å². The van der Waals surface area contributed by atoms with Crippen LogP contribution in [-0.4, -0.2) is 25.0 Å². The fourth-order valence-electron chi connectivity index (χ4n) is 2.59. The number of nitrogens with one attached hydrogen (secondary N) is 2. The molecule has 0 aliphatic rings. The Kier molecular flexibility index (Phi) is 5.84. The maximum Gasteiger partial charge on any atom is 0.253 e. The lowest BCUT2D eigenvalue weighted by Crippen LogP contribution is -2.46. The van der Waals surface area contributed by atoms with Gasteiger partial charge in [0.05, 0.1) is 7.11 Å². The van der Waals surface area contributed by atoms with Crippen LogP contribution in [0.1, 0.15) is 20.7 Å². The number of hydrogen-bond acceptors (Lipinski definition) is 4. The summed E-state index contributed by atoms with van der Waals surface area (Å²) in [5.74, 6) is 0.154. The van der Waals surface area contributed by atoms with Gasteiger partial charge in [0.25, 0.3) is 5.91 Å². The molecule has 136 valence electrons. The standard InChI is InChI=1S/C22H20N2O3/c1-27-19-14-12-18(13-15-19)23-21(20(25)16-8-4-2-5-9-16)24-22(26)17-10-6-3-7-11-17/h2-15,21,23H,1H3,(H,24,26)/t21-/m0/s1. The van der Waals surface area contributed by atoms with E-state index in [-0.39, 0.29) is 11.7 Å². The average Bonchev–Trinajstić information content (AvgIpc) is 2.74. The van der Waals surface area contributed by atoms with Gasteiger partial charge in [-0.2, -0.15) is 0 Å². The van der Waals surface area contributed by atoms with E-state index in [1.54, 1.807) is 79.9 Å². The zero-order chi connectivity index (χ0) is 19.1. The van der Waals surface area contributed by atoms with Crippen molar-refractivity contribution in [3.8, 4) is 5.75 Å². The number of ketones is 1. The molecular weight excluding hydrogens is 340 g/mol. The van der Waals surface area contributed by atoms with Crippen LogP contribution in [0.25, 0.3) is 0 Å². The van der Waals surface area contributed by atoms with Crippen molar-refractivity contribution in [3.63, 3.8) is 0 Å². The molecule has 0 heterocycles. The summed E-state index contributed by atoms with van der Waals surface area (Å²) in [7, 11) is 1.59.